The van der Waals surface area contributed by atoms with E-state index in [4.69, 9.17) is 10.5 Å². The summed E-state index contributed by atoms with van der Waals surface area (Å²) in [6.45, 7) is 16.9. The van der Waals surface area contributed by atoms with Crippen LogP contribution in [0.5, 0.6) is 0 Å². The summed E-state index contributed by atoms with van der Waals surface area (Å²) in [5.41, 5.74) is 14.4. The first-order valence-corrected chi connectivity index (χ1v) is 32.3. The smallest absolute Gasteiger partial charge is 0.356 e. The highest BCUT2D eigenvalue weighted by Gasteiger charge is 2.37. The number of hydrogen-bond donors (Lipinski definition) is 4. The molecule has 0 saturated heterocycles. The van der Waals surface area contributed by atoms with Gasteiger partial charge in [0.25, 0.3) is 5.91 Å². The fourth-order valence-electron chi connectivity index (χ4n) is 9.95. The lowest BCUT2D eigenvalue weighted by molar-refractivity contribution is 0.0667. The number of fused-ring (bicyclic) bond motifs is 2. The van der Waals surface area contributed by atoms with E-state index < -0.39 is 23.9 Å². The Morgan fingerprint density at radius 2 is 1.51 bits per heavy atom. The lowest BCUT2D eigenvalue weighted by Gasteiger charge is -2.30. The molecule has 1 amide bonds. The Morgan fingerprint density at radius 3 is 2.11 bits per heavy atom. The number of aromatic nitrogens is 8. The van der Waals surface area contributed by atoms with Crippen LogP contribution in [0.1, 0.15) is 133 Å². The normalized spacial score (nSPS) is 17.7. The first-order chi connectivity index (χ1) is 34.5. The summed E-state index contributed by atoms with van der Waals surface area (Å²) in [4.78, 5) is 26.0. The van der Waals surface area contributed by atoms with Gasteiger partial charge in [-0.3, -0.25) is 19.3 Å². The number of aromatic carboxylic acids is 1. The van der Waals surface area contributed by atoms with Crippen LogP contribution >= 0.6 is 11.8 Å². The van der Waals surface area contributed by atoms with Gasteiger partial charge in [0.1, 0.15) is 6.73 Å². The minimum Gasteiger partial charge on any atom is -0.476 e. The van der Waals surface area contributed by atoms with Gasteiger partial charge in [-0.25, -0.2) is 17.9 Å². The average Bonchev–Trinajstić information content (AvgIpc) is 4.16. The van der Waals surface area contributed by atoms with Gasteiger partial charge in [0, 0.05) is 60.7 Å². The largest absolute Gasteiger partial charge is 0.476 e. The number of sulfone groups is 1. The number of rotatable bonds is 16. The maximum atomic E-state index is 13.0. The predicted octanol–water partition coefficient (Wildman–Crippen LogP) is 10.4. The number of carboxylic acid groups (broad SMARTS) is 1. The third kappa shape index (κ3) is 13.8. The molecule has 2 fully saturated rings. The van der Waals surface area contributed by atoms with Crippen molar-refractivity contribution in [1.82, 2.24) is 39.5 Å². The van der Waals surface area contributed by atoms with Crippen molar-refractivity contribution < 1.29 is 27.9 Å². The molecule has 73 heavy (non-hydrogen) atoms. The number of amides is 1. The van der Waals surface area contributed by atoms with E-state index in [1.807, 2.05) is 27.8 Å². The number of aromatic amines is 1. The lowest BCUT2D eigenvalue weighted by atomic mass is 9.76. The van der Waals surface area contributed by atoms with Crippen molar-refractivity contribution >= 4 is 52.9 Å². The number of carbonyl (C=O) groups excluding carboxylic acids is 1. The van der Waals surface area contributed by atoms with Gasteiger partial charge in [0.15, 0.2) is 21.2 Å². The molecule has 2 atom stereocenters. The van der Waals surface area contributed by atoms with E-state index in [-0.39, 0.29) is 28.5 Å². The zero-order chi connectivity index (χ0) is 52.5. The van der Waals surface area contributed by atoms with Gasteiger partial charge < -0.3 is 20.9 Å². The third-order valence-electron chi connectivity index (χ3n) is 14.4. The number of nitrogens with zero attached hydrogens (tertiary/aromatic N) is 7. The van der Waals surface area contributed by atoms with Gasteiger partial charge in [-0.15, -0.1) is 11.8 Å². The van der Waals surface area contributed by atoms with Gasteiger partial charge in [0.2, 0.25) is 0 Å². The number of nitrogens with two attached hydrogens (primary N) is 1. The molecule has 19 heteroatoms. The van der Waals surface area contributed by atoms with Gasteiger partial charge in [-0.05, 0) is 135 Å². The van der Waals surface area contributed by atoms with Crippen LogP contribution < -0.4 is 11.1 Å². The molecule has 4 heterocycles. The summed E-state index contributed by atoms with van der Waals surface area (Å²) >= 11 is 1.78. The van der Waals surface area contributed by atoms with Crippen molar-refractivity contribution in [3.63, 3.8) is 0 Å². The summed E-state index contributed by atoms with van der Waals surface area (Å²) in [5.74, 6) is -0.0722. The van der Waals surface area contributed by atoms with Crippen LogP contribution in [0.25, 0.3) is 0 Å². The van der Waals surface area contributed by atoms with Crippen molar-refractivity contribution in [2.24, 2.45) is 22.7 Å². The van der Waals surface area contributed by atoms with Crippen LogP contribution in [0.4, 0.5) is 11.4 Å². The van der Waals surface area contributed by atoms with Gasteiger partial charge >= 0.3 is 5.97 Å². The number of nitrogen functional groups attached to an aromatic ring is 1. The molecule has 4 aromatic heterocycles. The second-order valence-corrected chi connectivity index (χ2v) is 31.8. The number of ether oxygens (including phenoxy) is 1. The molecule has 2 saturated carbocycles. The minimum atomic E-state index is -3.29. The highest BCUT2D eigenvalue weighted by Crippen LogP contribution is 2.45. The van der Waals surface area contributed by atoms with Crippen LogP contribution in [0.3, 0.4) is 0 Å². The summed E-state index contributed by atoms with van der Waals surface area (Å²) in [7, 11) is -4.40. The standard InChI is InChI=1S/C24H29N5O3S.C16H28N2O3Si.C14H17N3S/c1-24(2)10-9-19-20(12-24)27-28-21(19)23(30)26-17-13-25-29(14-17)22(15-7-8-15)16-5-4-6-18(11-16)33(3,31)32;1-16(2)7-6-12-13(10-16)18(17-14(12)15(19)20)11-21-8-9-22(3,4)5;1-18-13-4-2-3-11(7-13)14(10-5-6-10)17-9-12(15)8-16-17/h4-6,11,13-15,22H,7-10,12H2,1-3H3,(H,26,30)(H,27,28);6-11H2,1-5H3,(H,19,20);2-4,7-10,14H,5-6,15H2,1H3. The number of hydrogen-bond acceptors (Lipinski definition) is 11. The van der Waals surface area contributed by atoms with E-state index in [0.717, 1.165) is 97.8 Å². The summed E-state index contributed by atoms with van der Waals surface area (Å²) in [6.07, 6.45) is 20.5. The van der Waals surface area contributed by atoms with Gasteiger partial charge in [-0.2, -0.15) is 20.4 Å². The summed E-state index contributed by atoms with van der Waals surface area (Å²) < 4.78 is 35.4. The Bertz CT molecular complexity index is 3030. The van der Waals surface area contributed by atoms with Gasteiger partial charge in [0.05, 0.1) is 40.7 Å². The SMILES string of the molecule is CC1(C)CCc2c(C(=O)Nc3cnn(C(c4cccc(S(C)(=O)=O)c4)C4CC4)c3)n[nH]c2C1.CC1(C)CCc2c(C(=O)O)nn(COCC[Si](C)(C)C)c2C1.CSc1cccc(C(C2CC2)n2cc(N)cn2)c1. The molecule has 0 spiro atoms. The molecule has 16 nitrogen and oxygen atoms in total. The van der Waals surface area contributed by atoms with Crippen molar-refractivity contribution in [1.29, 1.82) is 0 Å². The molecular weight excluding hydrogens is 977 g/mol. The zero-order valence-corrected chi connectivity index (χ0v) is 46.6. The molecule has 4 aliphatic rings. The Hall–Kier alpha value is -5.50. The van der Waals surface area contributed by atoms with Crippen LogP contribution in [0.2, 0.25) is 25.7 Å². The van der Waals surface area contributed by atoms with Crippen LogP contribution in [-0.4, -0.2) is 92.1 Å². The van der Waals surface area contributed by atoms with Crippen LogP contribution in [0, 0.1) is 22.7 Å². The first-order valence-electron chi connectivity index (χ1n) is 25.5. The number of carbonyl (C=O) groups is 2. The molecule has 2 aromatic carbocycles. The first kappa shape index (κ1) is 53.8. The van der Waals surface area contributed by atoms with Crippen LogP contribution in [-0.2, 0) is 47.0 Å². The number of anilines is 2. The molecule has 4 aliphatic carbocycles. The molecule has 0 bridgehead atoms. The maximum Gasteiger partial charge on any atom is 0.356 e. The Labute approximate surface area is 435 Å². The molecular formula is C54H74N10O6S2Si. The number of benzene rings is 2. The molecule has 2 unspecified atom stereocenters. The molecule has 10 rings (SSSR count). The Balaban J connectivity index is 0.000000155. The maximum absolute atomic E-state index is 13.0. The van der Waals surface area contributed by atoms with Crippen molar-refractivity contribution in [2.75, 3.05) is 30.2 Å². The van der Waals surface area contributed by atoms with Crippen molar-refractivity contribution in [2.45, 2.75) is 146 Å². The Kier molecular flexibility index (Phi) is 16.0. The van der Waals surface area contributed by atoms with E-state index in [1.165, 1.54) is 29.6 Å². The third-order valence-corrected chi connectivity index (χ3v) is 17.9. The number of H-pyrrole nitrogens is 1. The fraction of sp³-hybridized carbons (Fsp3) is 0.519. The summed E-state index contributed by atoms with van der Waals surface area (Å²) in [5, 5.41) is 32.8. The highest BCUT2D eigenvalue weighted by molar-refractivity contribution is 7.98. The average molecular weight is 1050 g/mol. The van der Waals surface area contributed by atoms with Crippen LogP contribution in [0.15, 0.2) is 83.1 Å². The molecule has 5 N–H and O–H groups in total. The highest BCUT2D eigenvalue weighted by atomic mass is 32.2. The zero-order valence-electron chi connectivity index (χ0n) is 43.9. The molecule has 0 aliphatic heterocycles. The fourth-order valence-corrected chi connectivity index (χ4v) is 11.9. The number of carboxylic acids is 1. The molecule has 6 aromatic rings. The number of nitrogens with one attached hydrogen (secondary N) is 2. The Morgan fingerprint density at radius 1 is 0.890 bits per heavy atom. The summed E-state index contributed by atoms with van der Waals surface area (Å²) in [6, 6.07) is 17.2. The topological polar surface area (TPSA) is 218 Å². The predicted molar refractivity (Wildman–Crippen MR) is 290 cm³/mol. The second-order valence-electron chi connectivity index (χ2n) is 23.2. The van der Waals surface area contributed by atoms with E-state index in [0.29, 0.717) is 40.9 Å². The molecule has 392 valence electrons. The van der Waals surface area contributed by atoms with E-state index in [1.54, 1.807) is 47.0 Å². The quantitative estimate of drug-likeness (QED) is 0.0404. The monoisotopic (exact) mass is 1050 g/mol. The van der Waals surface area contributed by atoms with E-state index in [9.17, 15) is 23.1 Å². The lowest BCUT2D eigenvalue weighted by Crippen LogP contribution is -2.25. The van der Waals surface area contributed by atoms with Crippen molar-refractivity contribution in [3.8, 4) is 0 Å². The van der Waals surface area contributed by atoms with Crippen molar-refractivity contribution in [3.05, 3.63) is 118 Å². The second kappa shape index (κ2) is 21.8. The minimum absolute atomic E-state index is 0.0715. The van der Waals surface area contributed by atoms with Gasteiger partial charge in [-0.1, -0.05) is 71.6 Å². The molecule has 0 radical (unpaired) electrons. The number of thioether (sulfide) groups is 1. The van der Waals surface area contributed by atoms with E-state index >= 15 is 0 Å². The van der Waals surface area contributed by atoms with E-state index in [2.05, 4.69) is 109 Å².